The summed E-state index contributed by atoms with van der Waals surface area (Å²) < 4.78 is 11.8. The Hall–Kier alpha value is -0.720. The lowest BCUT2D eigenvalue weighted by Crippen LogP contribution is -2.51. The predicted molar refractivity (Wildman–Crippen MR) is 137 cm³/mol. The summed E-state index contributed by atoms with van der Waals surface area (Å²) in [7, 11) is 0. The summed E-state index contributed by atoms with van der Waals surface area (Å²) in [6.45, 7) is 13.6. The summed E-state index contributed by atoms with van der Waals surface area (Å²) in [5, 5.41) is 0. The van der Waals surface area contributed by atoms with E-state index in [0.717, 1.165) is 26.2 Å². The fourth-order valence-electron chi connectivity index (χ4n) is 4.32. The highest BCUT2D eigenvalue weighted by atomic mass is 32.9. The van der Waals surface area contributed by atoms with Gasteiger partial charge in [-0.05, 0) is 50.6 Å². The fourth-order valence-corrected chi connectivity index (χ4v) is 11.4. The molecule has 1 aliphatic rings. The number of hydrogen-bond acceptors (Lipinski definition) is 6. The highest BCUT2D eigenvalue weighted by molar-refractivity contribution is 8.68. The fraction of sp³-hybridized carbons (Fsp3) is 0.500. The standard InChI is InChI=1S/C24H35N2O2PS2/c1-5-27-29(30,28-6-2)31-24(3,4)23-25(19-21-13-9-7-10-14-21)17-18-26(23)20-22-15-11-8-12-16-22/h7-16,23H,5-6,17-20H2,1-4H3. The van der Waals surface area contributed by atoms with Crippen molar-refractivity contribution in [2.45, 2.75) is 51.7 Å². The third kappa shape index (κ3) is 6.88. The third-order valence-electron chi connectivity index (χ3n) is 5.37. The van der Waals surface area contributed by atoms with Crippen LogP contribution in [0.3, 0.4) is 0 Å². The van der Waals surface area contributed by atoms with E-state index in [1.54, 1.807) is 11.4 Å². The van der Waals surface area contributed by atoms with Crippen LogP contribution in [0.25, 0.3) is 0 Å². The number of nitrogens with zero attached hydrogens (tertiary/aromatic N) is 2. The minimum absolute atomic E-state index is 0.167. The zero-order valence-electron chi connectivity index (χ0n) is 19.1. The first kappa shape index (κ1) is 24.9. The Balaban J connectivity index is 1.87. The SMILES string of the molecule is CCOP(=S)(OCC)SC(C)(C)C1N(Cc2ccccc2)CCN1Cc1ccccc1. The molecule has 1 aliphatic heterocycles. The normalized spacial score (nSPS) is 16.8. The maximum Gasteiger partial charge on any atom is 0.247 e. The maximum absolute atomic E-state index is 6.00. The van der Waals surface area contributed by atoms with Gasteiger partial charge in [0, 0.05) is 30.9 Å². The molecule has 0 aliphatic carbocycles. The molecule has 1 fully saturated rings. The van der Waals surface area contributed by atoms with Gasteiger partial charge in [0.05, 0.1) is 19.4 Å². The molecular formula is C24H35N2O2PS2. The topological polar surface area (TPSA) is 24.9 Å². The van der Waals surface area contributed by atoms with Crippen molar-refractivity contribution in [3.05, 3.63) is 71.8 Å². The van der Waals surface area contributed by atoms with E-state index >= 15 is 0 Å². The van der Waals surface area contributed by atoms with Crippen molar-refractivity contribution in [2.24, 2.45) is 0 Å². The molecule has 0 atom stereocenters. The van der Waals surface area contributed by atoms with E-state index in [1.165, 1.54) is 11.1 Å². The van der Waals surface area contributed by atoms with E-state index in [4.69, 9.17) is 20.9 Å². The molecule has 2 aromatic rings. The van der Waals surface area contributed by atoms with Crippen molar-refractivity contribution in [2.75, 3.05) is 26.3 Å². The van der Waals surface area contributed by atoms with Gasteiger partial charge in [0.25, 0.3) is 0 Å². The summed E-state index contributed by atoms with van der Waals surface area (Å²) >= 11 is 7.64. The molecule has 0 amide bonds. The maximum atomic E-state index is 6.00. The van der Waals surface area contributed by atoms with Crippen LogP contribution in [-0.4, -0.2) is 47.0 Å². The molecule has 3 rings (SSSR count). The number of hydrogen-bond donors (Lipinski definition) is 0. The Labute approximate surface area is 197 Å². The van der Waals surface area contributed by atoms with Gasteiger partial charge in [0.1, 0.15) is 0 Å². The molecule has 4 nitrogen and oxygen atoms in total. The first-order chi connectivity index (χ1) is 14.9. The molecule has 0 radical (unpaired) electrons. The van der Waals surface area contributed by atoms with Gasteiger partial charge in [-0.25, -0.2) is 0 Å². The number of benzene rings is 2. The molecule has 0 saturated carbocycles. The molecule has 0 aromatic heterocycles. The Morgan fingerprint density at radius 1 is 0.871 bits per heavy atom. The monoisotopic (exact) mass is 478 g/mol. The zero-order valence-corrected chi connectivity index (χ0v) is 21.6. The van der Waals surface area contributed by atoms with Gasteiger partial charge in [-0.3, -0.25) is 9.80 Å². The lowest BCUT2D eigenvalue weighted by atomic mass is 10.1. The van der Waals surface area contributed by atoms with Gasteiger partial charge in [0.15, 0.2) is 0 Å². The molecule has 0 N–H and O–H groups in total. The van der Waals surface area contributed by atoms with E-state index in [9.17, 15) is 0 Å². The van der Waals surface area contributed by atoms with Crippen molar-refractivity contribution in [1.29, 1.82) is 0 Å². The van der Waals surface area contributed by atoms with Crippen LogP contribution in [-0.2, 0) is 33.9 Å². The van der Waals surface area contributed by atoms with Crippen LogP contribution in [0.15, 0.2) is 60.7 Å². The van der Waals surface area contributed by atoms with Crippen LogP contribution < -0.4 is 0 Å². The van der Waals surface area contributed by atoms with Crippen molar-refractivity contribution in [3.8, 4) is 0 Å². The van der Waals surface area contributed by atoms with Crippen LogP contribution >= 0.6 is 17.1 Å². The lowest BCUT2D eigenvalue weighted by Gasteiger charge is -2.43. The Morgan fingerprint density at radius 2 is 1.29 bits per heavy atom. The molecule has 0 unspecified atom stereocenters. The average molecular weight is 479 g/mol. The van der Waals surface area contributed by atoms with Gasteiger partial charge in [-0.2, -0.15) is 0 Å². The minimum atomic E-state index is -2.41. The van der Waals surface area contributed by atoms with Crippen LogP contribution in [0.4, 0.5) is 0 Å². The van der Waals surface area contributed by atoms with E-state index < -0.39 is 5.69 Å². The highest BCUT2D eigenvalue weighted by Crippen LogP contribution is 2.66. The van der Waals surface area contributed by atoms with E-state index in [1.807, 2.05) is 13.8 Å². The third-order valence-corrected chi connectivity index (χ3v) is 11.4. The van der Waals surface area contributed by atoms with Gasteiger partial charge in [-0.1, -0.05) is 72.0 Å². The Morgan fingerprint density at radius 3 is 1.68 bits per heavy atom. The predicted octanol–water partition coefficient (Wildman–Crippen LogP) is 6.14. The minimum Gasteiger partial charge on any atom is -0.322 e. The largest absolute Gasteiger partial charge is 0.322 e. The van der Waals surface area contributed by atoms with Crippen LogP contribution in [0.2, 0.25) is 0 Å². The molecule has 1 heterocycles. The van der Waals surface area contributed by atoms with E-state index in [0.29, 0.717) is 13.2 Å². The quantitative estimate of drug-likeness (QED) is 0.360. The molecule has 1 saturated heterocycles. The van der Waals surface area contributed by atoms with Gasteiger partial charge < -0.3 is 9.05 Å². The summed E-state index contributed by atoms with van der Waals surface area (Å²) in [6.07, 6.45) is 0.223. The first-order valence-electron chi connectivity index (χ1n) is 11.0. The number of rotatable bonds is 11. The molecule has 7 heteroatoms. The van der Waals surface area contributed by atoms with Crippen LogP contribution in [0.1, 0.15) is 38.8 Å². The van der Waals surface area contributed by atoms with Crippen molar-refractivity contribution in [3.63, 3.8) is 0 Å². The summed E-state index contributed by atoms with van der Waals surface area (Å²) in [6, 6.07) is 21.5. The summed E-state index contributed by atoms with van der Waals surface area (Å²) in [5.41, 5.74) is 0.259. The van der Waals surface area contributed by atoms with Gasteiger partial charge in [-0.15, -0.1) is 0 Å². The summed E-state index contributed by atoms with van der Waals surface area (Å²) in [5.74, 6) is 0. The molecule has 0 spiro atoms. The second-order valence-corrected chi connectivity index (χ2v) is 15.0. The molecule has 31 heavy (non-hydrogen) atoms. The highest BCUT2D eigenvalue weighted by Gasteiger charge is 2.46. The molecule has 0 bridgehead atoms. The van der Waals surface area contributed by atoms with Crippen molar-refractivity contribution in [1.82, 2.24) is 9.80 Å². The van der Waals surface area contributed by atoms with Gasteiger partial charge in [0.2, 0.25) is 5.69 Å². The van der Waals surface area contributed by atoms with Gasteiger partial charge >= 0.3 is 0 Å². The average Bonchev–Trinajstić information content (AvgIpc) is 3.12. The second-order valence-electron chi connectivity index (χ2n) is 8.26. The smallest absolute Gasteiger partial charge is 0.247 e. The van der Waals surface area contributed by atoms with E-state index in [2.05, 4.69) is 84.3 Å². The lowest BCUT2D eigenvalue weighted by molar-refractivity contribution is 0.0972. The Kier molecular flexibility index (Phi) is 9.18. The van der Waals surface area contributed by atoms with Crippen molar-refractivity contribution >= 4 is 28.9 Å². The van der Waals surface area contributed by atoms with E-state index in [-0.39, 0.29) is 10.9 Å². The Bertz CT molecular complexity index is 792. The summed E-state index contributed by atoms with van der Waals surface area (Å²) in [4.78, 5) is 5.17. The molecule has 2 aromatic carbocycles. The van der Waals surface area contributed by atoms with Crippen LogP contribution in [0.5, 0.6) is 0 Å². The molecular weight excluding hydrogens is 443 g/mol. The second kappa shape index (κ2) is 11.4. The molecule has 170 valence electrons. The van der Waals surface area contributed by atoms with Crippen molar-refractivity contribution < 1.29 is 9.05 Å². The zero-order chi connectivity index (χ0) is 22.3. The van der Waals surface area contributed by atoms with Crippen LogP contribution in [0, 0.1) is 0 Å². The first-order valence-corrected chi connectivity index (χ1v) is 15.1.